The summed E-state index contributed by atoms with van der Waals surface area (Å²) in [6, 6.07) is 3.70. The van der Waals surface area contributed by atoms with Gasteiger partial charge >= 0.3 is 0 Å². The van der Waals surface area contributed by atoms with Gasteiger partial charge in [-0.15, -0.1) is 0 Å². The molecule has 0 radical (unpaired) electrons. The minimum absolute atomic E-state index is 0.587. The summed E-state index contributed by atoms with van der Waals surface area (Å²) in [5.74, 6) is 2.61. The lowest BCUT2D eigenvalue weighted by Gasteiger charge is -2.17. The predicted molar refractivity (Wildman–Crippen MR) is 66.2 cm³/mol. The van der Waals surface area contributed by atoms with E-state index in [-0.39, 0.29) is 0 Å². The Bertz CT molecular complexity index is 340. The summed E-state index contributed by atoms with van der Waals surface area (Å²) in [4.78, 5) is 4.18. The average molecular weight is 236 g/mol. The van der Waals surface area contributed by atoms with Gasteiger partial charge in [0, 0.05) is 6.07 Å². The molecular formula is C13H20N2O2. The molecule has 0 saturated heterocycles. The zero-order valence-corrected chi connectivity index (χ0v) is 10.3. The SMILES string of the molecule is COc1ccc(OCC2CCCC2CN)nc1. The van der Waals surface area contributed by atoms with E-state index in [4.69, 9.17) is 15.2 Å². The van der Waals surface area contributed by atoms with Crippen LogP contribution in [0.3, 0.4) is 0 Å². The number of nitrogens with two attached hydrogens (primary N) is 1. The first-order chi connectivity index (χ1) is 8.33. The molecule has 1 aliphatic carbocycles. The van der Waals surface area contributed by atoms with Gasteiger partial charge in [-0.3, -0.25) is 0 Å². The number of pyridine rings is 1. The van der Waals surface area contributed by atoms with Gasteiger partial charge in [-0.05, 0) is 37.3 Å². The number of rotatable bonds is 5. The molecule has 1 aromatic rings. The maximum absolute atomic E-state index is 5.74. The lowest BCUT2D eigenvalue weighted by atomic mass is 9.97. The number of methoxy groups -OCH3 is 1. The summed E-state index contributed by atoms with van der Waals surface area (Å²) >= 11 is 0. The van der Waals surface area contributed by atoms with Gasteiger partial charge < -0.3 is 15.2 Å². The van der Waals surface area contributed by atoms with Crippen LogP contribution in [0.15, 0.2) is 18.3 Å². The molecule has 0 aliphatic heterocycles. The molecule has 2 rings (SSSR count). The fraction of sp³-hybridized carbons (Fsp3) is 0.615. The van der Waals surface area contributed by atoms with Crippen molar-refractivity contribution in [3.8, 4) is 11.6 Å². The Morgan fingerprint density at radius 3 is 2.82 bits per heavy atom. The smallest absolute Gasteiger partial charge is 0.213 e. The van der Waals surface area contributed by atoms with Gasteiger partial charge in [-0.25, -0.2) is 4.98 Å². The second-order valence-corrected chi connectivity index (χ2v) is 4.53. The quantitative estimate of drug-likeness (QED) is 0.847. The van der Waals surface area contributed by atoms with Gasteiger partial charge in [-0.2, -0.15) is 0 Å². The molecule has 94 valence electrons. The zero-order valence-electron chi connectivity index (χ0n) is 10.3. The van der Waals surface area contributed by atoms with E-state index in [1.165, 1.54) is 19.3 Å². The van der Waals surface area contributed by atoms with Gasteiger partial charge in [0.05, 0.1) is 19.9 Å². The van der Waals surface area contributed by atoms with Crippen LogP contribution in [0.1, 0.15) is 19.3 Å². The van der Waals surface area contributed by atoms with Gasteiger partial charge in [0.25, 0.3) is 0 Å². The minimum atomic E-state index is 0.587. The Labute approximate surface area is 102 Å². The van der Waals surface area contributed by atoms with Gasteiger partial charge in [0.15, 0.2) is 0 Å². The third kappa shape index (κ3) is 3.09. The van der Waals surface area contributed by atoms with Gasteiger partial charge in [0.1, 0.15) is 5.75 Å². The summed E-state index contributed by atoms with van der Waals surface area (Å²) in [7, 11) is 1.63. The molecule has 0 amide bonds. The second-order valence-electron chi connectivity index (χ2n) is 4.53. The van der Waals surface area contributed by atoms with Crippen LogP contribution < -0.4 is 15.2 Å². The minimum Gasteiger partial charge on any atom is -0.495 e. The standard InChI is InChI=1S/C13H20N2O2/c1-16-12-5-6-13(15-8-12)17-9-11-4-2-3-10(11)7-14/h5-6,8,10-11H,2-4,7,9,14H2,1H3. The van der Waals surface area contributed by atoms with Crippen LogP contribution in [0.5, 0.6) is 11.6 Å². The Kier molecular flexibility index (Phi) is 4.20. The highest BCUT2D eigenvalue weighted by Gasteiger charge is 2.26. The molecule has 1 aromatic heterocycles. The number of nitrogens with zero attached hydrogens (tertiary/aromatic N) is 1. The van der Waals surface area contributed by atoms with Crippen LogP contribution in [-0.4, -0.2) is 25.2 Å². The van der Waals surface area contributed by atoms with Crippen LogP contribution in [-0.2, 0) is 0 Å². The third-order valence-corrected chi connectivity index (χ3v) is 3.51. The number of ether oxygens (including phenoxy) is 2. The van der Waals surface area contributed by atoms with Crippen molar-refractivity contribution in [2.24, 2.45) is 17.6 Å². The Balaban J connectivity index is 1.84. The van der Waals surface area contributed by atoms with E-state index < -0.39 is 0 Å². The fourth-order valence-corrected chi connectivity index (χ4v) is 2.41. The second kappa shape index (κ2) is 5.87. The highest BCUT2D eigenvalue weighted by Crippen LogP contribution is 2.31. The van der Waals surface area contributed by atoms with E-state index in [1.54, 1.807) is 13.3 Å². The summed E-state index contributed by atoms with van der Waals surface area (Å²) in [6.07, 6.45) is 5.40. The molecule has 1 saturated carbocycles. The van der Waals surface area contributed by atoms with Crippen LogP contribution in [0.2, 0.25) is 0 Å². The zero-order chi connectivity index (χ0) is 12.1. The highest BCUT2D eigenvalue weighted by atomic mass is 16.5. The summed E-state index contributed by atoms with van der Waals surface area (Å²) in [6.45, 7) is 1.49. The van der Waals surface area contributed by atoms with Crippen molar-refractivity contribution in [3.63, 3.8) is 0 Å². The van der Waals surface area contributed by atoms with Crippen molar-refractivity contribution < 1.29 is 9.47 Å². The molecular weight excluding hydrogens is 216 g/mol. The molecule has 2 unspecified atom stereocenters. The molecule has 1 aliphatic rings. The monoisotopic (exact) mass is 236 g/mol. The highest BCUT2D eigenvalue weighted by molar-refractivity contribution is 5.22. The molecule has 0 spiro atoms. The van der Waals surface area contributed by atoms with Crippen LogP contribution in [0.25, 0.3) is 0 Å². The van der Waals surface area contributed by atoms with Crippen LogP contribution >= 0.6 is 0 Å². The molecule has 1 heterocycles. The Morgan fingerprint density at radius 2 is 2.18 bits per heavy atom. The lowest BCUT2D eigenvalue weighted by Crippen LogP contribution is -2.23. The molecule has 1 fully saturated rings. The topological polar surface area (TPSA) is 57.4 Å². The van der Waals surface area contributed by atoms with Gasteiger partial charge in [0.2, 0.25) is 5.88 Å². The molecule has 4 nitrogen and oxygen atoms in total. The molecule has 0 bridgehead atoms. The average Bonchev–Trinajstić information content (AvgIpc) is 2.84. The van der Waals surface area contributed by atoms with Crippen molar-refractivity contribution in [2.45, 2.75) is 19.3 Å². The molecule has 17 heavy (non-hydrogen) atoms. The molecule has 4 heteroatoms. The van der Waals surface area contributed by atoms with Crippen molar-refractivity contribution in [1.29, 1.82) is 0 Å². The van der Waals surface area contributed by atoms with E-state index in [9.17, 15) is 0 Å². The van der Waals surface area contributed by atoms with Crippen molar-refractivity contribution in [2.75, 3.05) is 20.3 Å². The summed E-state index contributed by atoms with van der Waals surface area (Å²) < 4.78 is 10.7. The normalized spacial score (nSPS) is 23.6. The molecule has 2 atom stereocenters. The third-order valence-electron chi connectivity index (χ3n) is 3.51. The maximum Gasteiger partial charge on any atom is 0.213 e. The summed E-state index contributed by atoms with van der Waals surface area (Å²) in [5, 5.41) is 0. The largest absolute Gasteiger partial charge is 0.495 e. The lowest BCUT2D eigenvalue weighted by molar-refractivity contribution is 0.210. The predicted octanol–water partition coefficient (Wildman–Crippen LogP) is 1.84. The van der Waals surface area contributed by atoms with E-state index in [2.05, 4.69) is 4.98 Å². The van der Waals surface area contributed by atoms with E-state index in [0.717, 1.165) is 18.9 Å². The van der Waals surface area contributed by atoms with Crippen molar-refractivity contribution >= 4 is 0 Å². The number of hydrogen-bond acceptors (Lipinski definition) is 4. The van der Waals surface area contributed by atoms with Crippen molar-refractivity contribution in [1.82, 2.24) is 4.98 Å². The van der Waals surface area contributed by atoms with Crippen LogP contribution in [0.4, 0.5) is 0 Å². The van der Waals surface area contributed by atoms with E-state index in [1.807, 2.05) is 12.1 Å². The van der Waals surface area contributed by atoms with Crippen molar-refractivity contribution in [3.05, 3.63) is 18.3 Å². The Hall–Kier alpha value is -1.29. The first-order valence-electron chi connectivity index (χ1n) is 6.16. The fourth-order valence-electron chi connectivity index (χ4n) is 2.41. The number of hydrogen-bond donors (Lipinski definition) is 1. The van der Waals surface area contributed by atoms with Crippen LogP contribution in [0, 0.1) is 11.8 Å². The first kappa shape index (κ1) is 12.2. The summed E-state index contributed by atoms with van der Waals surface area (Å²) in [5.41, 5.74) is 5.74. The number of aromatic nitrogens is 1. The van der Waals surface area contributed by atoms with E-state index >= 15 is 0 Å². The maximum atomic E-state index is 5.74. The van der Waals surface area contributed by atoms with Gasteiger partial charge in [-0.1, -0.05) is 6.42 Å². The molecule has 0 aromatic carbocycles. The first-order valence-corrected chi connectivity index (χ1v) is 6.16. The Morgan fingerprint density at radius 1 is 1.35 bits per heavy atom. The molecule has 2 N–H and O–H groups in total. The van der Waals surface area contributed by atoms with E-state index in [0.29, 0.717) is 17.7 Å².